The molecule has 0 aliphatic carbocycles. The van der Waals surface area contributed by atoms with E-state index in [0.29, 0.717) is 18.8 Å². The van der Waals surface area contributed by atoms with E-state index in [0.717, 1.165) is 28.1 Å². The van der Waals surface area contributed by atoms with Crippen molar-refractivity contribution in [3.05, 3.63) is 53.1 Å². The Morgan fingerprint density at radius 3 is 2.00 bits per heavy atom. The van der Waals surface area contributed by atoms with E-state index in [9.17, 15) is 0 Å². The molecule has 0 saturated heterocycles. The van der Waals surface area contributed by atoms with Crippen molar-refractivity contribution < 1.29 is 4.74 Å². The van der Waals surface area contributed by atoms with Crippen LogP contribution < -0.4 is 16.2 Å². The first-order valence-electron chi connectivity index (χ1n) is 6.75. The van der Waals surface area contributed by atoms with Crippen molar-refractivity contribution in [1.29, 1.82) is 0 Å². The number of hydrogen-bond donors (Lipinski definition) is 2. The molecule has 0 unspecified atom stereocenters. The number of rotatable bonds is 5. The van der Waals surface area contributed by atoms with Gasteiger partial charge in [-0.3, -0.25) is 0 Å². The molecule has 0 heterocycles. The van der Waals surface area contributed by atoms with Crippen molar-refractivity contribution >= 4 is 11.4 Å². The number of azo groups is 1. The van der Waals surface area contributed by atoms with Gasteiger partial charge in [0.05, 0.1) is 18.5 Å². The van der Waals surface area contributed by atoms with Crippen LogP contribution in [0.1, 0.15) is 16.7 Å². The molecule has 110 valence electrons. The Bertz CT molecular complexity index is 630. The summed E-state index contributed by atoms with van der Waals surface area (Å²) in [6, 6.07) is 11.5. The first kappa shape index (κ1) is 15.2. The van der Waals surface area contributed by atoms with E-state index in [4.69, 9.17) is 16.2 Å². The average molecular weight is 284 g/mol. The lowest BCUT2D eigenvalue weighted by molar-refractivity contribution is 0.414. The predicted molar refractivity (Wildman–Crippen MR) is 84.1 cm³/mol. The van der Waals surface area contributed by atoms with Gasteiger partial charge >= 0.3 is 0 Å². The molecule has 5 heteroatoms. The third-order valence-electron chi connectivity index (χ3n) is 3.06. The molecule has 5 nitrogen and oxygen atoms in total. The number of benzene rings is 2. The zero-order valence-corrected chi connectivity index (χ0v) is 12.3. The largest absolute Gasteiger partial charge is 0.497 e. The van der Waals surface area contributed by atoms with Crippen molar-refractivity contribution in [2.24, 2.45) is 21.7 Å². The van der Waals surface area contributed by atoms with E-state index < -0.39 is 0 Å². The summed E-state index contributed by atoms with van der Waals surface area (Å²) >= 11 is 0. The van der Waals surface area contributed by atoms with E-state index in [1.807, 2.05) is 43.3 Å². The highest BCUT2D eigenvalue weighted by Gasteiger charge is 2.01. The molecule has 4 N–H and O–H groups in total. The van der Waals surface area contributed by atoms with Gasteiger partial charge in [0.2, 0.25) is 0 Å². The second-order valence-electron chi connectivity index (χ2n) is 4.82. The van der Waals surface area contributed by atoms with Gasteiger partial charge in [-0.25, -0.2) is 0 Å². The van der Waals surface area contributed by atoms with E-state index in [2.05, 4.69) is 10.2 Å². The summed E-state index contributed by atoms with van der Waals surface area (Å²) in [4.78, 5) is 0. The molecule has 0 fully saturated rings. The Labute approximate surface area is 124 Å². The number of ether oxygens (including phenoxy) is 1. The third-order valence-corrected chi connectivity index (χ3v) is 3.06. The van der Waals surface area contributed by atoms with Crippen molar-refractivity contribution in [3.63, 3.8) is 0 Å². The monoisotopic (exact) mass is 284 g/mol. The number of hydrogen-bond acceptors (Lipinski definition) is 5. The fourth-order valence-electron chi connectivity index (χ4n) is 2.07. The lowest BCUT2D eigenvalue weighted by Gasteiger charge is -2.04. The first-order valence-corrected chi connectivity index (χ1v) is 6.75. The van der Waals surface area contributed by atoms with Crippen LogP contribution in [0.3, 0.4) is 0 Å². The molecule has 0 aliphatic rings. The van der Waals surface area contributed by atoms with Crippen LogP contribution in [0, 0.1) is 6.92 Å². The van der Waals surface area contributed by atoms with Crippen molar-refractivity contribution in [3.8, 4) is 5.75 Å². The molecule has 21 heavy (non-hydrogen) atoms. The quantitative estimate of drug-likeness (QED) is 0.826. The Morgan fingerprint density at radius 2 is 1.43 bits per heavy atom. The topological polar surface area (TPSA) is 86.0 Å². The normalized spacial score (nSPS) is 11.0. The molecular formula is C16H20N4O. The van der Waals surface area contributed by atoms with Gasteiger partial charge in [-0.2, -0.15) is 10.2 Å². The van der Waals surface area contributed by atoms with Gasteiger partial charge in [-0.1, -0.05) is 6.07 Å². The fourth-order valence-corrected chi connectivity index (χ4v) is 2.07. The summed E-state index contributed by atoms with van der Waals surface area (Å²) in [7, 11) is 1.62. The summed E-state index contributed by atoms with van der Waals surface area (Å²) in [5, 5.41) is 8.53. The lowest BCUT2D eigenvalue weighted by atomic mass is 10.1. The molecule has 0 aliphatic heterocycles. The molecule has 0 amide bonds. The molecule has 0 atom stereocenters. The second kappa shape index (κ2) is 6.97. The molecule has 2 aromatic rings. The number of aryl methyl sites for hydroxylation is 1. The molecule has 0 spiro atoms. The summed E-state index contributed by atoms with van der Waals surface area (Å²) in [5.41, 5.74) is 15.9. The van der Waals surface area contributed by atoms with Crippen LogP contribution >= 0.6 is 0 Å². The van der Waals surface area contributed by atoms with Gasteiger partial charge in [0, 0.05) is 19.2 Å². The van der Waals surface area contributed by atoms with E-state index in [-0.39, 0.29) is 0 Å². The Morgan fingerprint density at radius 1 is 0.857 bits per heavy atom. The maximum Gasteiger partial charge on any atom is 0.121 e. The molecule has 0 bridgehead atoms. The average Bonchev–Trinajstić information content (AvgIpc) is 2.51. The summed E-state index contributed by atoms with van der Waals surface area (Å²) in [6.45, 7) is 2.93. The maximum atomic E-state index is 5.67. The zero-order chi connectivity index (χ0) is 15.2. The lowest BCUT2D eigenvalue weighted by Crippen LogP contribution is -1.96. The van der Waals surface area contributed by atoms with Crippen molar-refractivity contribution in [2.45, 2.75) is 20.0 Å². The number of nitrogens with two attached hydrogens (primary N) is 2. The van der Waals surface area contributed by atoms with Gasteiger partial charge < -0.3 is 16.2 Å². The smallest absolute Gasteiger partial charge is 0.121 e. The van der Waals surface area contributed by atoms with Gasteiger partial charge in [0.25, 0.3) is 0 Å². The van der Waals surface area contributed by atoms with E-state index in [1.54, 1.807) is 7.11 Å². The summed E-state index contributed by atoms with van der Waals surface area (Å²) < 4.78 is 5.23. The molecular weight excluding hydrogens is 264 g/mol. The number of nitrogens with zero attached hydrogens (tertiary/aromatic N) is 2. The van der Waals surface area contributed by atoms with Gasteiger partial charge in [-0.05, 0) is 47.9 Å². The van der Waals surface area contributed by atoms with Crippen molar-refractivity contribution in [2.75, 3.05) is 7.11 Å². The Kier molecular flexibility index (Phi) is 5.03. The van der Waals surface area contributed by atoms with Crippen LogP contribution in [-0.4, -0.2) is 7.11 Å². The van der Waals surface area contributed by atoms with Gasteiger partial charge in [0.15, 0.2) is 0 Å². The van der Waals surface area contributed by atoms with Crippen LogP contribution in [-0.2, 0) is 13.1 Å². The van der Waals surface area contributed by atoms with Crippen LogP contribution in [0.5, 0.6) is 5.75 Å². The van der Waals surface area contributed by atoms with E-state index in [1.165, 1.54) is 0 Å². The third kappa shape index (κ3) is 4.11. The van der Waals surface area contributed by atoms with Gasteiger partial charge in [-0.15, -0.1) is 0 Å². The zero-order valence-electron chi connectivity index (χ0n) is 12.3. The van der Waals surface area contributed by atoms with E-state index >= 15 is 0 Å². The Hall–Kier alpha value is -2.24. The highest BCUT2D eigenvalue weighted by atomic mass is 16.5. The predicted octanol–water partition coefficient (Wildman–Crippen LogP) is 3.34. The SMILES string of the molecule is COc1cc(CN)cc(N=Nc2cc(C)cc(CN)c2)c1. The molecule has 2 rings (SSSR count). The van der Waals surface area contributed by atoms with Crippen LogP contribution in [0.2, 0.25) is 0 Å². The molecule has 0 saturated carbocycles. The van der Waals surface area contributed by atoms with Crippen LogP contribution in [0.25, 0.3) is 0 Å². The fraction of sp³-hybridized carbons (Fsp3) is 0.250. The molecule has 0 radical (unpaired) electrons. The van der Waals surface area contributed by atoms with Crippen LogP contribution in [0.15, 0.2) is 46.6 Å². The Balaban J connectivity index is 2.30. The van der Waals surface area contributed by atoms with Gasteiger partial charge in [0.1, 0.15) is 5.75 Å². The highest BCUT2D eigenvalue weighted by Crippen LogP contribution is 2.25. The molecule has 2 aromatic carbocycles. The summed E-state index contributed by atoms with van der Waals surface area (Å²) in [5.74, 6) is 0.721. The minimum Gasteiger partial charge on any atom is -0.497 e. The van der Waals surface area contributed by atoms with Crippen LogP contribution in [0.4, 0.5) is 11.4 Å². The summed E-state index contributed by atoms with van der Waals surface area (Å²) in [6.07, 6.45) is 0. The standard InChI is InChI=1S/C16H20N4O/c1-11-3-12(9-17)5-14(4-11)19-20-15-6-13(10-18)7-16(8-15)21-2/h3-8H,9-10,17-18H2,1-2H3. The first-order chi connectivity index (χ1) is 10.1. The number of methoxy groups -OCH3 is 1. The maximum absolute atomic E-state index is 5.67. The minimum atomic E-state index is 0.432. The minimum absolute atomic E-state index is 0.432. The molecule has 0 aromatic heterocycles. The van der Waals surface area contributed by atoms with Crippen molar-refractivity contribution in [1.82, 2.24) is 0 Å². The second-order valence-corrected chi connectivity index (χ2v) is 4.82. The highest BCUT2D eigenvalue weighted by molar-refractivity contribution is 5.48.